The Labute approximate surface area is 147 Å². The number of benzene rings is 1. The summed E-state index contributed by atoms with van der Waals surface area (Å²) in [6.45, 7) is 4.07. The molecule has 2 aromatic rings. The molecular weight excluding hydrogens is 378 g/mol. The molecule has 2 heterocycles. The fourth-order valence-corrected chi connectivity index (χ4v) is 4.05. The average Bonchev–Trinajstić information content (AvgIpc) is 2.74. The molecule has 5 nitrogen and oxygen atoms in total. The van der Waals surface area contributed by atoms with E-state index in [0.717, 1.165) is 16.5 Å². The second kappa shape index (κ2) is 6.57. The van der Waals surface area contributed by atoms with Gasteiger partial charge in [-0.15, -0.1) is 11.8 Å². The molecule has 2 N–H and O–H groups in total. The van der Waals surface area contributed by atoms with Crippen molar-refractivity contribution in [3.05, 3.63) is 50.2 Å². The van der Waals surface area contributed by atoms with Crippen molar-refractivity contribution in [3.8, 4) is 0 Å². The first-order chi connectivity index (χ1) is 11.0. The van der Waals surface area contributed by atoms with Gasteiger partial charge in [-0.05, 0) is 31.0 Å². The zero-order valence-corrected chi connectivity index (χ0v) is 15.3. The number of rotatable bonds is 3. The molecular formula is C16H18BrN3O2S. The molecule has 0 bridgehead atoms. The minimum atomic E-state index is -0.161. The normalized spacial score (nSPS) is 18.9. The van der Waals surface area contributed by atoms with Crippen LogP contribution in [0.5, 0.6) is 0 Å². The van der Waals surface area contributed by atoms with Crippen LogP contribution >= 0.6 is 27.7 Å². The molecule has 1 aromatic heterocycles. The molecule has 23 heavy (non-hydrogen) atoms. The molecule has 1 aliphatic heterocycles. The number of halogens is 1. The maximum absolute atomic E-state index is 12.6. The lowest BCUT2D eigenvalue weighted by Gasteiger charge is -2.16. The van der Waals surface area contributed by atoms with Crippen molar-refractivity contribution in [3.63, 3.8) is 0 Å². The topological polar surface area (TPSA) is 66.9 Å². The van der Waals surface area contributed by atoms with Crippen LogP contribution in [0.2, 0.25) is 0 Å². The zero-order valence-electron chi connectivity index (χ0n) is 12.9. The van der Waals surface area contributed by atoms with Crippen molar-refractivity contribution in [1.82, 2.24) is 9.78 Å². The predicted molar refractivity (Wildman–Crippen MR) is 97.1 cm³/mol. The maximum atomic E-state index is 12.6. The Kier molecular flexibility index (Phi) is 4.68. The van der Waals surface area contributed by atoms with Crippen LogP contribution in [0.15, 0.2) is 33.5 Å². The van der Waals surface area contributed by atoms with E-state index < -0.39 is 0 Å². The quantitative estimate of drug-likeness (QED) is 0.832. The second-order valence-corrected chi connectivity index (χ2v) is 7.63. The van der Waals surface area contributed by atoms with Crippen molar-refractivity contribution in [2.45, 2.75) is 31.6 Å². The number of aromatic nitrogens is 2. The van der Waals surface area contributed by atoms with Gasteiger partial charge in [-0.25, -0.2) is 0 Å². The highest BCUT2D eigenvalue weighted by molar-refractivity contribution is 9.10. The first kappa shape index (κ1) is 16.4. The Morgan fingerprint density at radius 1 is 1.35 bits per heavy atom. The van der Waals surface area contributed by atoms with Gasteiger partial charge in [-0.2, -0.15) is 0 Å². The summed E-state index contributed by atoms with van der Waals surface area (Å²) in [4.78, 5) is 24.6. The summed E-state index contributed by atoms with van der Waals surface area (Å²) < 4.78 is 2.77. The zero-order chi connectivity index (χ0) is 16.6. The molecule has 2 atom stereocenters. The number of nitrogens with zero attached hydrogens (tertiary/aromatic N) is 1. The number of H-pyrrole nitrogens is 1. The number of carbonyl (C=O) groups is 1. The lowest BCUT2D eigenvalue weighted by molar-refractivity contribution is -0.113. The number of aromatic amines is 1. The van der Waals surface area contributed by atoms with E-state index in [4.69, 9.17) is 0 Å². The van der Waals surface area contributed by atoms with E-state index in [1.807, 2.05) is 31.2 Å². The Morgan fingerprint density at radius 3 is 2.70 bits per heavy atom. The van der Waals surface area contributed by atoms with Gasteiger partial charge in [-0.1, -0.05) is 35.0 Å². The summed E-state index contributed by atoms with van der Waals surface area (Å²) in [6.07, 6.45) is 0.864. The summed E-state index contributed by atoms with van der Waals surface area (Å²) >= 11 is 4.91. The minimum Gasteiger partial charge on any atom is -0.310 e. The number of hydrogen-bond acceptors (Lipinski definition) is 3. The summed E-state index contributed by atoms with van der Waals surface area (Å²) in [6, 6.07) is 7.99. The van der Waals surface area contributed by atoms with Gasteiger partial charge in [0.25, 0.3) is 5.56 Å². The number of fused-ring (bicyclic) bond motifs is 1. The van der Waals surface area contributed by atoms with Crippen molar-refractivity contribution in [2.24, 2.45) is 0 Å². The molecule has 0 saturated carbocycles. The minimum absolute atomic E-state index is 0.0769. The number of thioether (sulfide) groups is 1. The second-order valence-electron chi connectivity index (χ2n) is 5.62. The number of amides is 1. The highest BCUT2D eigenvalue weighted by Gasteiger charge is 2.31. The number of nitrogens with one attached hydrogen (secondary N) is 2. The molecule has 0 aliphatic carbocycles. The lowest BCUT2D eigenvalue weighted by Crippen LogP contribution is -2.18. The van der Waals surface area contributed by atoms with Crippen LogP contribution in [0.3, 0.4) is 0 Å². The summed E-state index contributed by atoms with van der Waals surface area (Å²) in [5, 5.41) is 5.63. The SMILES string of the molecule is CC[C@H](C)n1[nH]c(=O)c2c1NC(=O)CS[C@H]2c1ccc(Br)cc1. The van der Waals surface area contributed by atoms with Gasteiger partial charge in [0.1, 0.15) is 5.82 Å². The Morgan fingerprint density at radius 2 is 2.04 bits per heavy atom. The standard InChI is InChI=1S/C16H18BrN3O2S/c1-3-9(2)20-15-13(16(22)19-20)14(23-8-12(21)18-15)10-4-6-11(17)7-5-10/h4-7,9,14H,3,8H2,1-2H3,(H,18,21)(H,19,22)/t9-,14-/m0/s1. The molecule has 1 aliphatic rings. The Bertz CT molecular complexity index is 782. The highest BCUT2D eigenvalue weighted by atomic mass is 79.9. The smallest absolute Gasteiger partial charge is 0.270 e. The molecule has 1 aromatic carbocycles. The van der Waals surface area contributed by atoms with Gasteiger partial charge in [0, 0.05) is 10.5 Å². The van der Waals surface area contributed by atoms with Crippen molar-refractivity contribution in [2.75, 3.05) is 11.1 Å². The highest BCUT2D eigenvalue weighted by Crippen LogP contribution is 2.40. The third-order valence-corrected chi connectivity index (χ3v) is 5.87. The molecule has 0 radical (unpaired) electrons. The maximum Gasteiger partial charge on any atom is 0.270 e. The van der Waals surface area contributed by atoms with Crippen LogP contribution in [0.25, 0.3) is 0 Å². The van der Waals surface area contributed by atoms with Crippen LogP contribution < -0.4 is 10.9 Å². The molecule has 0 saturated heterocycles. The van der Waals surface area contributed by atoms with E-state index in [2.05, 4.69) is 33.3 Å². The monoisotopic (exact) mass is 395 g/mol. The van der Waals surface area contributed by atoms with E-state index in [-0.39, 0.29) is 22.8 Å². The summed E-state index contributed by atoms with van der Waals surface area (Å²) in [7, 11) is 0. The fraction of sp³-hybridized carbons (Fsp3) is 0.375. The van der Waals surface area contributed by atoms with E-state index in [0.29, 0.717) is 17.1 Å². The molecule has 122 valence electrons. The van der Waals surface area contributed by atoms with Crippen LogP contribution in [0.4, 0.5) is 5.82 Å². The van der Waals surface area contributed by atoms with Crippen LogP contribution in [0.1, 0.15) is 42.7 Å². The third-order valence-electron chi connectivity index (χ3n) is 4.07. The molecule has 0 unspecified atom stereocenters. The molecule has 1 amide bonds. The molecule has 0 fully saturated rings. The van der Waals surface area contributed by atoms with Gasteiger partial charge < -0.3 is 5.32 Å². The van der Waals surface area contributed by atoms with Gasteiger partial charge >= 0.3 is 0 Å². The van der Waals surface area contributed by atoms with Crippen molar-refractivity contribution in [1.29, 1.82) is 0 Å². The Hall–Kier alpha value is -1.47. The van der Waals surface area contributed by atoms with E-state index >= 15 is 0 Å². The van der Waals surface area contributed by atoms with Gasteiger partial charge in [0.05, 0.1) is 16.6 Å². The molecule has 0 spiro atoms. The number of carbonyl (C=O) groups excluding carboxylic acids is 1. The number of anilines is 1. The van der Waals surface area contributed by atoms with E-state index in [1.54, 1.807) is 4.68 Å². The predicted octanol–water partition coefficient (Wildman–Crippen LogP) is 3.68. The van der Waals surface area contributed by atoms with Crippen molar-refractivity contribution >= 4 is 39.4 Å². The third kappa shape index (κ3) is 3.12. The van der Waals surface area contributed by atoms with Crippen LogP contribution in [0, 0.1) is 0 Å². The first-order valence-corrected chi connectivity index (χ1v) is 9.36. The van der Waals surface area contributed by atoms with Crippen LogP contribution in [-0.2, 0) is 4.79 Å². The first-order valence-electron chi connectivity index (χ1n) is 7.52. The van der Waals surface area contributed by atoms with Gasteiger partial charge in [-0.3, -0.25) is 19.4 Å². The van der Waals surface area contributed by atoms with Crippen LogP contribution in [-0.4, -0.2) is 21.4 Å². The Balaban J connectivity index is 2.15. The number of hydrogen-bond donors (Lipinski definition) is 2. The molecule has 3 rings (SSSR count). The van der Waals surface area contributed by atoms with Crippen molar-refractivity contribution < 1.29 is 4.79 Å². The fourth-order valence-electron chi connectivity index (χ4n) is 2.66. The lowest BCUT2D eigenvalue weighted by atomic mass is 10.1. The summed E-state index contributed by atoms with van der Waals surface area (Å²) in [5.41, 5.74) is 1.51. The summed E-state index contributed by atoms with van der Waals surface area (Å²) in [5.74, 6) is 0.856. The van der Waals surface area contributed by atoms with E-state index in [9.17, 15) is 9.59 Å². The molecule has 7 heteroatoms. The van der Waals surface area contributed by atoms with E-state index in [1.165, 1.54) is 11.8 Å². The average molecular weight is 396 g/mol. The van der Waals surface area contributed by atoms with Gasteiger partial charge in [0.15, 0.2) is 0 Å². The van der Waals surface area contributed by atoms with Gasteiger partial charge in [0.2, 0.25) is 5.91 Å². The largest absolute Gasteiger partial charge is 0.310 e.